The molecule has 1 nitrogen and oxygen atoms in total. The van der Waals surface area contributed by atoms with Crippen LogP contribution < -0.4 is 5.32 Å². The van der Waals surface area contributed by atoms with Crippen molar-refractivity contribution in [1.82, 2.24) is 5.32 Å². The lowest BCUT2D eigenvalue weighted by Crippen LogP contribution is -2.17. The van der Waals surface area contributed by atoms with Crippen LogP contribution in [0.1, 0.15) is 46.2 Å². The molecular weight excluding hydrogens is 342 g/mol. The Kier molecular flexibility index (Phi) is 5.15. The van der Waals surface area contributed by atoms with Crippen molar-refractivity contribution in [2.75, 3.05) is 7.05 Å². The SMILES string of the molecule is CNC(Cc1cccc(Br)c1)c1cc2c(s1)CCCCC2. The van der Waals surface area contributed by atoms with E-state index in [-0.39, 0.29) is 0 Å². The second kappa shape index (κ2) is 7.08. The highest BCUT2D eigenvalue weighted by molar-refractivity contribution is 9.10. The third-order valence-corrected chi connectivity index (χ3v) is 6.13. The summed E-state index contributed by atoms with van der Waals surface area (Å²) < 4.78 is 1.16. The van der Waals surface area contributed by atoms with Crippen molar-refractivity contribution in [3.05, 3.63) is 55.7 Å². The number of thiophene rings is 1. The molecule has 2 aromatic rings. The topological polar surface area (TPSA) is 12.0 Å². The maximum absolute atomic E-state index is 3.57. The fraction of sp³-hybridized carbons (Fsp3) is 0.444. The predicted octanol–water partition coefficient (Wildman–Crippen LogP) is 5.28. The average Bonchev–Trinajstić information content (AvgIpc) is 2.75. The van der Waals surface area contributed by atoms with Gasteiger partial charge >= 0.3 is 0 Å². The van der Waals surface area contributed by atoms with Gasteiger partial charge in [0.25, 0.3) is 0 Å². The molecule has 0 spiro atoms. The van der Waals surface area contributed by atoms with Gasteiger partial charge in [-0.3, -0.25) is 0 Å². The fourth-order valence-electron chi connectivity index (χ4n) is 3.11. The molecule has 0 amide bonds. The number of benzene rings is 1. The number of hydrogen-bond donors (Lipinski definition) is 1. The first-order chi connectivity index (χ1) is 10.3. The summed E-state index contributed by atoms with van der Waals surface area (Å²) in [6.45, 7) is 0. The maximum Gasteiger partial charge on any atom is 0.0453 e. The first-order valence-electron chi connectivity index (χ1n) is 7.79. The Morgan fingerprint density at radius 3 is 2.86 bits per heavy atom. The summed E-state index contributed by atoms with van der Waals surface area (Å²) in [5.41, 5.74) is 2.99. The molecule has 0 radical (unpaired) electrons. The Morgan fingerprint density at radius 1 is 1.19 bits per heavy atom. The summed E-state index contributed by atoms with van der Waals surface area (Å²) in [4.78, 5) is 3.14. The van der Waals surface area contributed by atoms with E-state index in [0.29, 0.717) is 6.04 Å². The minimum atomic E-state index is 0.427. The van der Waals surface area contributed by atoms with Gasteiger partial charge in [-0.15, -0.1) is 11.3 Å². The number of halogens is 1. The lowest BCUT2D eigenvalue weighted by molar-refractivity contribution is 0.601. The number of rotatable bonds is 4. The third-order valence-electron chi connectivity index (χ3n) is 4.29. The first kappa shape index (κ1) is 15.3. The molecule has 1 aliphatic rings. The van der Waals surface area contributed by atoms with E-state index in [0.717, 1.165) is 10.9 Å². The quantitative estimate of drug-likeness (QED) is 0.728. The van der Waals surface area contributed by atoms with Gasteiger partial charge in [0.1, 0.15) is 0 Å². The Balaban J connectivity index is 1.80. The molecule has 1 unspecified atom stereocenters. The van der Waals surface area contributed by atoms with Crippen LogP contribution in [0.25, 0.3) is 0 Å². The van der Waals surface area contributed by atoms with Gasteiger partial charge in [-0.05, 0) is 68.5 Å². The Morgan fingerprint density at radius 2 is 2.05 bits per heavy atom. The van der Waals surface area contributed by atoms with Gasteiger partial charge in [0.2, 0.25) is 0 Å². The molecule has 1 aromatic carbocycles. The van der Waals surface area contributed by atoms with E-state index in [2.05, 4.69) is 58.6 Å². The standard InChI is InChI=1S/C18H22BrNS/c1-20-16(11-13-6-5-8-15(19)10-13)18-12-14-7-3-2-4-9-17(14)21-18/h5-6,8,10,12,16,20H,2-4,7,9,11H2,1H3. The Hall–Kier alpha value is -0.640. The zero-order valence-electron chi connectivity index (χ0n) is 12.5. The molecule has 0 saturated heterocycles. The maximum atomic E-state index is 3.57. The van der Waals surface area contributed by atoms with Crippen molar-refractivity contribution in [1.29, 1.82) is 0 Å². The number of fused-ring (bicyclic) bond motifs is 1. The number of aryl methyl sites for hydroxylation is 2. The van der Waals surface area contributed by atoms with E-state index in [4.69, 9.17) is 0 Å². The molecule has 1 atom stereocenters. The van der Waals surface area contributed by atoms with Crippen LogP contribution in [0.5, 0.6) is 0 Å². The number of nitrogens with one attached hydrogen (secondary N) is 1. The average molecular weight is 364 g/mol. The summed E-state index contributed by atoms with van der Waals surface area (Å²) in [5, 5.41) is 3.51. The molecule has 21 heavy (non-hydrogen) atoms. The number of hydrogen-bond acceptors (Lipinski definition) is 2. The van der Waals surface area contributed by atoms with Crippen LogP contribution in [0.15, 0.2) is 34.8 Å². The summed E-state index contributed by atoms with van der Waals surface area (Å²) in [6.07, 6.45) is 7.73. The van der Waals surface area contributed by atoms with Crippen molar-refractivity contribution in [2.24, 2.45) is 0 Å². The van der Waals surface area contributed by atoms with Crippen molar-refractivity contribution in [3.8, 4) is 0 Å². The van der Waals surface area contributed by atoms with Crippen molar-refractivity contribution < 1.29 is 0 Å². The van der Waals surface area contributed by atoms with Crippen LogP contribution >= 0.6 is 27.3 Å². The second-order valence-electron chi connectivity index (χ2n) is 5.83. The Bertz CT molecular complexity index is 582. The normalized spacial score (nSPS) is 16.3. The van der Waals surface area contributed by atoms with E-state index in [1.807, 2.05) is 11.3 Å². The van der Waals surface area contributed by atoms with E-state index in [1.165, 1.54) is 42.5 Å². The highest BCUT2D eigenvalue weighted by Gasteiger charge is 2.18. The van der Waals surface area contributed by atoms with Gasteiger partial charge in [0.05, 0.1) is 0 Å². The molecule has 1 aliphatic carbocycles. The van der Waals surface area contributed by atoms with Crippen LogP contribution in [0.4, 0.5) is 0 Å². The molecule has 0 fully saturated rings. The summed E-state index contributed by atoms with van der Waals surface area (Å²) in [5.74, 6) is 0. The summed E-state index contributed by atoms with van der Waals surface area (Å²) >= 11 is 5.60. The summed E-state index contributed by atoms with van der Waals surface area (Å²) in [7, 11) is 2.08. The molecule has 0 aliphatic heterocycles. The van der Waals surface area contributed by atoms with Gasteiger partial charge in [0, 0.05) is 20.3 Å². The van der Waals surface area contributed by atoms with Crippen LogP contribution in [-0.4, -0.2) is 7.05 Å². The lowest BCUT2D eigenvalue weighted by atomic mass is 10.0. The van der Waals surface area contributed by atoms with E-state index in [9.17, 15) is 0 Å². The van der Waals surface area contributed by atoms with Crippen molar-refractivity contribution in [3.63, 3.8) is 0 Å². The highest BCUT2D eigenvalue weighted by Crippen LogP contribution is 2.33. The largest absolute Gasteiger partial charge is 0.312 e. The molecule has 3 rings (SSSR count). The zero-order valence-corrected chi connectivity index (χ0v) is 14.9. The molecule has 1 N–H and O–H groups in total. The predicted molar refractivity (Wildman–Crippen MR) is 95.2 cm³/mol. The molecule has 0 bridgehead atoms. The first-order valence-corrected chi connectivity index (χ1v) is 9.40. The van der Waals surface area contributed by atoms with Crippen molar-refractivity contribution in [2.45, 2.75) is 44.6 Å². The molecule has 1 aromatic heterocycles. The number of likely N-dealkylation sites (N-methyl/N-ethyl adjacent to an activating group) is 1. The van der Waals surface area contributed by atoms with Crippen LogP contribution in [-0.2, 0) is 19.3 Å². The van der Waals surface area contributed by atoms with E-state index < -0.39 is 0 Å². The van der Waals surface area contributed by atoms with Crippen LogP contribution in [0.3, 0.4) is 0 Å². The molecule has 112 valence electrons. The summed E-state index contributed by atoms with van der Waals surface area (Å²) in [6, 6.07) is 11.5. The van der Waals surface area contributed by atoms with Crippen LogP contribution in [0, 0.1) is 0 Å². The van der Waals surface area contributed by atoms with Gasteiger partial charge in [-0.25, -0.2) is 0 Å². The smallest absolute Gasteiger partial charge is 0.0453 e. The van der Waals surface area contributed by atoms with Gasteiger partial charge < -0.3 is 5.32 Å². The van der Waals surface area contributed by atoms with Gasteiger partial charge in [-0.2, -0.15) is 0 Å². The zero-order chi connectivity index (χ0) is 14.7. The molecule has 0 saturated carbocycles. The van der Waals surface area contributed by atoms with E-state index in [1.54, 1.807) is 10.4 Å². The third kappa shape index (κ3) is 3.77. The lowest BCUT2D eigenvalue weighted by Gasteiger charge is -2.15. The van der Waals surface area contributed by atoms with Gasteiger partial charge in [-0.1, -0.05) is 34.5 Å². The van der Waals surface area contributed by atoms with Crippen molar-refractivity contribution >= 4 is 27.3 Å². The fourth-order valence-corrected chi connectivity index (χ4v) is 4.92. The minimum absolute atomic E-state index is 0.427. The molecule has 1 heterocycles. The Labute approximate surface area is 139 Å². The van der Waals surface area contributed by atoms with Gasteiger partial charge in [0.15, 0.2) is 0 Å². The molecule has 3 heteroatoms. The molecular formula is C18H22BrNS. The monoisotopic (exact) mass is 363 g/mol. The second-order valence-corrected chi connectivity index (χ2v) is 7.92. The van der Waals surface area contributed by atoms with E-state index >= 15 is 0 Å². The highest BCUT2D eigenvalue weighted by atomic mass is 79.9. The van der Waals surface area contributed by atoms with Crippen LogP contribution in [0.2, 0.25) is 0 Å². The minimum Gasteiger partial charge on any atom is -0.312 e.